The van der Waals surface area contributed by atoms with E-state index in [-0.39, 0.29) is 11.3 Å². The Bertz CT molecular complexity index is 508. The molecule has 0 aliphatic heterocycles. The normalized spacial score (nSPS) is 13.0. The zero-order valence-corrected chi connectivity index (χ0v) is 17.4. The number of amides is 1. The van der Waals surface area contributed by atoms with Crippen molar-refractivity contribution in [1.82, 2.24) is 0 Å². The van der Waals surface area contributed by atoms with Gasteiger partial charge in [0.25, 0.3) is 5.91 Å². The summed E-state index contributed by atoms with van der Waals surface area (Å²) in [6, 6.07) is 7.68. The van der Waals surface area contributed by atoms with Gasteiger partial charge in [-0.3, -0.25) is 4.79 Å². The van der Waals surface area contributed by atoms with Crippen LogP contribution in [0.1, 0.15) is 40.5 Å². The molecule has 0 aliphatic carbocycles. The second-order valence-electron chi connectivity index (χ2n) is 7.52. The summed E-state index contributed by atoms with van der Waals surface area (Å²) in [6.45, 7) is 13.2. The van der Waals surface area contributed by atoms with E-state index in [1.54, 1.807) is 11.9 Å². The first kappa shape index (κ1) is 20.7. The number of hydrogen-bond acceptors (Lipinski definition) is 3. The lowest BCUT2D eigenvalue weighted by Crippen LogP contribution is -2.47. The van der Waals surface area contributed by atoms with E-state index < -0.39 is 15.1 Å². The van der Waals surface area contributed by atoms with Gasteiger partial charge in [-0.25, -0.2) is 0 Å². The van der Waals surface area contributed by atoms with Crippen molar-refractivity contribution in [2.75, 3.05) is 18.6 Å². The highest BCUT2D eigenvalue weighted by molar-refractivity contribution is 6.48. The lowest BCUT2D eigenvalue weighted by atomic mass is 9.88. The molecule has 1 aromatic rings. The van der Waals surface area contributed by atoms with E-state index in [0.717, 1.165) is 30.9 Å². The van der Waals surface area contributed by atoms with Crippen LogP contribution in [0.3, 0.4) is 0 Å². The quantitative estimate of drug-likeness (QED) is 0.519. The van der Waals surface area contributed by atoms with Gasteiger partial charge in [0, 0.05) is 12.7 Å². The zero-order chi connectivity index (χ0) is 18.3. The Kier molecular flexibility index (Phi) is 7.96. The van der Waals surface area contributed by atoms with Gasteiger partial charge < -0.3 is 14.1 Å². The Balaban J connectivity index is 2.82. The number of carbonyl (C=O) groups is 1. The maximum atomic E-state index is 12.9. The average Bonchev–Trinajstić information content (AvgIpc) is 2.51. The Morgan fingerprint density at radius 2 is 1.79 bits per heavy atom. The zero-order valence-electron chi connectivity index (χ0n) is 16.3. The minimum atomic E-state index is -1.31. The Hall–Kier alpha value is -1.33. The molecule has 1 atom stereocenters. The molecule has 1 aromatic carbocycles. The van der Waals surface area contributed by atoms with E-state index >= 15 is 0 Å². The third-order valence-corrected chi connectivity index (χ3v) is 4.56. The van der Waals surface area contributed by atoms with Crippen LogP contribution in [-0.2, 0) is 9.22 Å². The molecule has 1 amide bonds. The number of rotatable bonds is 8. The van der Waals surface area contributed by atoms with E-state index in [4.69, 9.17) is 9.16 Å². The molecule has 0 saturated heterocycles. The highest BCUT2D eigenvalue weighted by Crippen LogP contribution is 2.27. The van der Waals surface area contributed by atoms with Gasteiger partial charge in [0.15, 0.2) is 9.04 Å². The first-order valence-electron chi connectivity index (χ1n) is 8.82. The van der Waals surface area contributed by atoms with Crippen molar-refractivity contribution >= 4 is 20.6 Å². The summed E-state index contributed by atoms with van der Waals surface area (Å²) in [4.78, 5) is 14.6. The number of unbranched alkanes of at least 4 members (excludes halogenated alkanes) is 1. The highest BCUT2D eigenvalue weighted by Gasteiger charge is 2.35. The second kappa shape index (κ2) is 9.23. The Morgan fingerprint density at radius 3 is 2.25 bits per heavy atom. The van der Waals surface area contributed by atoms with Crippen molar-refractivity contribution in [1.29, 1.82) is 0 Å². The van der Waals surface area contributed by atoms with Crippen molar-refractivity contribution in [2.45, 2.75) is 59.7 Å². The average molecular weight is 352 g/mol. The van der Waals surface area contributed by atoms with Crippen molar-refractivity contribution < 1.29 is 14.0 Å². The largest absolute Gasteiger partial charge is 0.494 e. The van der Waals surface area contributed by atoms with Gasteiger partial charge in [0.2, 0.25) is 0 Å². The molecule has 0 bridgehead atoms. The molecular formula is C19H33NO3Si. The molecule has 4 nitrogen and oxygen atoms in total. The lowest BCUT2D eigenvalue weighted by molar-refractivity contribution is -0.129. The second-order valence-corrected chi connectivity index (χ2v) is 9.89. The van der Waals surface area contributed by atoms with Crippen LogP contribution in [0.5, 0.6) is 5.75 Å². The topological polar surface area (TPSA) is 38.8 Å². The van der Waals surface area contributed by atoms with Gasteiger partial charge in [-0.1, -0.05) is 34.1 Å². The first-order valence-corrected chi connectivity index (χ1v) is 11.6. The van der Waals surface area contributed by atoms with Gasteiger partial charge in [-0.2, -0.15) is 0 Å². The predicted octanol–water partition coefficient (Wildman–Crippen LogP) is 4.24. The SMILES string of the molecule is CCCCOc1ccc(N(C)C(=O)C(O[SiH](C)C)C(C)(C)C)cc1. The van der Waals surface area contributed by atoms with Gasteiger partial charge in [0.05, 0.1) is 6.61 Å². The summed E-state index contributed by atoms with van der Waals surface area (Å²) in [5.74, 6) is 0.842. The molecule has 0 heterocycles. The summed E-state index contributed by atoms with van der Waals surface area (Å²) in [7, 11) is 0.493. The highest BCUT2D eigenvalue weighted by atomic mass is 28.3. The number of hydrogen-bond donors (Lipinski definition) is 0. The number of likely N-dealkylation sites (N-methyl/N-ethyl adjacent to an activating group) is 1. The van der Waals surface area contributed by atoms with Gasteiger partial charge in [0.1, 0.15) is 11.9 Å². The monoisotopic (exact) mass is 351 g/mol. The van der Waals surface area contributed by atoms with E-state index in [2.05, 4.69) is 20.0 Å². The molecule has 0 saturated carbocycles. The number of anilines is 1. The van der Waals surface area contributed by atoms with Gasteiger partial charge >= 0.3 is 0 Å². The molecular weight excluding hydrogens is 318 g/mol. The van der Waals surface area contributed by atoms with Crippen LogP contribution in [0.25, 0.3) is 0 Å². The molecule has 5 heteroatoms. The van der Waals surface area contributed by atoms with Crippen LogP contribution in [0.2, 0.25) is 13.1 Å². The third kappa shape index (κ3) is 6.28. The molecule has 0 spiro atoms. The number of nitrogens with zero attached hydrogens (tertiary/aromatic N) is 1. The number of benzene rings is 1. The van der Waals surface area contributed by atoms with E-state index in [9.17, 15) is 4.79 Å². The van der Waals surface area contributed by atoms with Crippen LogP contribution < -0.4 is 9.64 Å². The van der Waals surface area contributed by atoms with Crippen molar-refractivity contribution in [3.05, 3.63) is 24.3 Å². The fourth-order valence-corrected chi connectivity index (χ4v) is 3.38. The molecule has 0 radical (unpaired) electrons. The van der Waals surface area contributed by atoms with Crippen molar-refractivity contribution in [3.8, 4) is 5.75 Å². The molecule has 1 unspecified atom stereocenters. The minimum absolute atomic E-state index is 0.00310. The van der Waals surface area contributed by atoms with Gasteiger partial charge in [-0.05, 0) is 49.2 Å². The Labute approximate surface area is 148 Å². The summed E-state index contributed by atoms with van der Waals surface area (Å²) >= 11 is 0. The van der Waals surface area contributed by atoms with Gasteiger partial charge in [-0.15, -0.1) is 0 Å². The van der Waals surface area contributed by atoms with E-state index in [0.29, 0.717) is 0 Å². The van der Waals surface area contributed by atoms with Crippen LogP contribution in [0, 0.1) is 5.41 Å². The van der Waals surface area contributed by atoms with Crippen molar-refractivity contribution in [3.63, 3.8) is 0 Å². The molecule has 0 aliphatic rings. The first-order chi connectivity index (χ1) is 11.2. The minimum Gasteiger partial charge on any atom is -0.494 e. The fraction of sp³-hybridized carbons (Fsp3) is 0.632. The summed E-state index contributed by atoms with van der Waals surface area (Å²) in [5, 5.41) is 0. The predicted molar refractivity (Wildman–Crippen MR) is 103 cm³/mol. The maximum absolute atomic E-state index is 12.9. The van der Waals surface area contributed by atoms with E-state index in [1.807, 2.05) is 45.0 Å². The molecule has 0 fully saturated rings. The molecule has 24 heavy (non-hydrogen) atoms. The molecule has 0 N–H and O–H groups in total. The standard InChI is InChI=1S/C19H33NO3Si/c1-8-9-14-22-16-12-10-15(11-13-16)20(5)18(21)17(19(2,3)4)23-24(6)7/h10-13,17,24H,8-9,14H2,1-7H3. The van der Waals surface area contributed by atoms with Crippen molar-refractivity contribution in [2.24, 2.45) is 5.41 Å². The fourth-order valence-electron chi connectivity index (χ4n) is 2.31. The van der Waals surface area contributed by atoms with Crippen LogP contribution in [-0.4, -0.2) is 34.7 Å². The molecule has 1 rings (SSSR count). The maximum Gasteiger partial charge on any atom is 0.255 e. The van der Waals surface area contributed by atoms with E-state index in [1.165, 1.54) is 0 Å². The smallest absolute Gasteiger partial charge is 0.255 e. The van der Waals surface area contributed by atoms with Crippen LogP contribution >= 0.6 is 0 Å². The summed E-state index contributed by atoms with van der Waals surface area (Å²) in [6.07, 6.45) is 1.74. The number of carbonyl (C=O) groups excluding carboxylic acids is 1. The third-order valence-electron chi connectivity index (χ3n) is 3.74. The Morgan fingerprint density at radius 1 is 1.21 bits per heavy atom. The lowest BCUT2D eigenvalue weighted by Gasteiger charge is -2.34. The molecule has 136 valence electrons. The van der Waals surface area contributed by atoms with Crippen LogP contribution in [0.4, 0.5) is 5.69 Å². The summed E-state index contributed by atoms with van der Waals surface area (Å²) in [5.41, 5.74) is 0.623. The molecule has 0 aromatic heterocycles. The van der Waals surface area contributed by atoms with Crippen LogP contribution in [0.15, 0.2) is 24.3 Å². The summed E-state index contributed by atoms with van der Waals surface area (Å²) < 4.78 is 11.7. The number of ether oxygens (including phenoxy) is 1.